The lowest BCUT2D eigenvalue weighted by molar-refractivity contribution is 1.12. The summed E-state index contributed by atoms with van der Waals surface area (Å²) in [5.74, 6) is 1.71. The third-order valence-electron chi connectivity index (χ3n) is 1.97. The highest BCUT2D eigenvalue weighted by molar-refractivity contribution is 7.99. The Bertz CT molecular complexity index is 299. The number of benzene rings is 1. The number of hydrogen-bond acceptors (Lipinski definition) is 1. The SMILES string of the molecule is Cc1cc(CSC(C)CCl)ccc1Cl. The molecule has 78 valence electrons. The molecule has 1 rings (SSSR count). The predicted octanol–water partition coefficient (Wildman–Crippen LogP) is 4.51. The highest BCUT2D eigenvalue weighted by Gasteiger charge is 2.02. The monoisotopic (exact) mass is 248 g/mol. The summed E-state index contributed by atoms with van der Waals surface area (Å²) in [6.45, 7) is 4.17. The third kappa shape index (κ3) is 3.72. The summed E-state index contributed by atoms with van der Waals surface area (Å²) in [6.07, 6.45) is 0. The summed E-state index contributed by atoms with van der Waals surface area (Å²) >= 11 is 13.5. The number of hydrogen-bond donors (Lipinski definition) is 0. The van der Waals surface area contributed by atoms with Crippen molar-refractivity contribution in [2.24, 2.45) is 0 Å². The van der Waals surface area contributed by atoms with Crippen LogP contribution in [0.15, 0.2) is 18.2 Å². The van der Waals surface area contributed by atoms with Crippen LogP contribution in [-0.4, -0.2) is 11.1 Å². The predicted molar refractivity (Wildman–Crippen MR) is 67.7 cm³/mol. The molecule has 0 N–H and O–H groups in total. The Morgan fingerprint density at radius 3 is 2.71 bits per heavy atom. The van der Waals surface area contributed by atoms with Crippen molar-refractivity contribution in [2.75, 3.05) is 5.88 Å². The molecule has 0 saturated heterocycles. The molecular formula is C11H14Cl2S. The number of halogens is 2. The molecule has 1 aromatic carbocycles. The van der Waals surface area contributed by atoms with Gasteiger partial charge in [0.1, 0.15) is 0 Å². The lowest BCUT2D eigenvalue weighted by Crippen LogP contribution is -1.97. The van der Waals surface area contributed by atoms with Gasteiger partial charge in [-0.3, -0.25) is 0 Å². The maximum Gasteiger partial charge on any atom is 0.0435 e. The maximum absolute atomic E-state index is 5.94. The second-order valence-corrected chi connectivity index (χ2v) is 5.50. The summed E-state index contributed by atoms with van der Waals surface area (Å²) in [7, 11) is 0. The molecule has 0 amide bonds. The Balaban J connectivity index is 2.55. The largest absolute Gasteiger partial charge is 0.153 e. The van der Waals surface area contributed by atoms with Gasteiger partial charge in [-0.15, -0.1) is 11.6 Å². The van der Waals surface area contributed by atoms with Gasteiger partial charge in [-0.25, -0.2) is 0 Å². The molecule has 0 aliphatic rings. The van der Waals surface area contributed by atoms with Gasteiger partial charge >= 0.3 is 0 Å². The van der Waals surface area contributed by atoms with Crippen LogP contribution in [-0.2, 0) is 5.75 Å². The molecule has 0 saturated carbocycles. The van der Waals surface area contributed by atoms with E-state index in [2.05, 4.69) is 19.1 Å². The molecule has 0 aliphatic heterocycles. The van der Waals surface area contributed by atoms with Gasteiger partial charge in [0.2, 0.25) is 0 Å². The van der Waals surface area contributed by atoms with E-state index in [1.165, 1.54) is 5.56 Å². The van der Waals surface area contributed by atoms with Crippen molar-refractivity contribution in [2.45, 2.75) is 24.9 Å². The van der Waals surface area contributed by atoms with E-state index in [1.54, 1.807) is 0 Å². The van der Waals surface area contributed by atoms with Crippen molar-refractivity contribution in [3.05, 3.63) is 34.3 Å². The Kier molecular flexibility index (Phi) is 5.14. The van der Waals surface area contributed by atoms with Crippen molar-refractivity contribution in [3.8, 4) is 0 Å². The first-order valence-electron chi connectivity index (χ1n) is 4.56. The van der Waals surface area contributed by atoms with Gasteiger partial charge < -0.3 is 0 Å². The zero-order chi connectivity index (χ0) is 10.6. The van der Waals surface area contributed by atoms with E-state index in [9.17, 15) is 0 Å². The highest BCUT2D eigenvalue weighted by atomic mass is 35.5. The van der Waals surface area contributed by atoms with Crippen LogP contribution in [0.3, 0.4) is 0 Å². The summed E-state index contributed by atoms with van der Waals surface area (Å²) in [6, 6.07) is 6.16. The molecule has 0 aromatic heterocycles. The fourth-order valence-electron chi connectivity index (χ4n) is 1.08. The zero-order valence-corrected chi connectivity index (χ0v) is 10.7. The van der Waals surface area contributed by atoms with Crippen LogP contribution in [0.1, 0.15) is 18.1 Å². The van der Waals surface area contributed by atoms with Crippen molar-refractivity contribution < 1.29 is 0 Å². The summed E-state index contributed by atoms with van der Waals surface area (Å²) < 4.78 is 0. The first-order valence-corrected chi connectivity index (χ1v) is 6.52. The van der Waals surface area contributed by atoms with Gasteiger partial charge in [0.15, 0.2) is 0 Å². The average molecular weight is 249 g/mol. The van der Waals surface area contributed by atoms with Crippen LogP contribution < -0.4 is 0 Å². The summed E-state index contributed by atoms with van der Waals surface area (Å²) in [5, 5.41) is 1.34. The van der Waals surface area contributed by atoms with Gasteiger partial charge in [0.25, 0.3) is 0 Å². The first-order chi connectivity index (χ1) is 6.63. The molecule has 0 spiro atoms. The molecule has 0 bridgehead atoms. The molecule has 14 heavy (non-hydrogen) atoms. The molecule has 0 heterocycles. The average Bonchev–Trinajstić information content (AvgIpc) is 2.19. The number of alkyl halides is 1. The normalized spacial score (nSPS) is 12.9. The van der Waals surface area contributed by atoms with Crippen molar-refractivity contribution in [1.29, 1.82) is 0 Å². The minimum Gasteiger partial charge on any atom is -0.153 e. The van der Waals surface area contributed by atoms with Gasteiger partial charge in [-0.2, -0.15) is 11.8 Å². The van der Waals surface area contributed by atoms with Crippen molar-refractivity contribution >= 4 is 35.0 Å². The molecule has 0 fully saturated rings. The van der Waals surface area contributed by atoms with E-state index >= 15 is 0 Å². The van der Waals surface area contributed by atoms with Gasteiger partial charge in [0.05, 0.1) is 0 Å². The van der Waals surface area contributed by atoms with Crippen LogP contribution in [0.25, 0.3) is 0 Å². The standard InChI is InChI=1S/C11H14Cl2S/c1-8-5-10(3-4-11(8)13)7-14-9(2)6-12/h3-5,9H,6-7H2,1-2H3. The number of aryl methyl sites for hydroxylation is 1. The third-order valence-corrected chi connectivity index (χ3v) is 4.28. The van der Waals surface area contributed by atoms with E-state index in [-0.39, 0.29) is 0 Å². The lowest BCUT2D eigenvalue weighted by atomic mass is 10.2. The Morgan fingerprint density at radius 2 is 2.14 bits per heavy atom. The Morgan fingerprint density at radius 1 is 1.43 bits per heavy atom. The Hall–Kier alpha value is 0.150. The minimum atomic E-state index is 0.507. The molecule has 0 radical (unpaired) electrons. The van der Waals surface area contributed by atoms with E-state index in [0.29, 0.717) is 11.1 Å². The van der Waals surface area contributed by atoms with Gasteiger partial charge in [-0.05, 0) is 24.1 Å². The fraction of sp³-hybridized carbons (Fsp3) is 0.455. The van der Waals surface area contributed by atoms with Gasteiger partial charge in [-0.1, -0.05) is 30.7 Å². The van der Waals surface area contributed by atoms with Crippen molar-refractivity contribution in [1.82, 2.24) is 0 Å². The highest BCUT2D eigenvalue weighted by Crippen LogP contribution is 2.22. The molecular weight excluding hydrogens is 235 g/mol. The number of thioether (sulfide) groups is 1. The van der Waals surface area contributed by atoms with Crippen LogP contribution in [0.5, 0.6) is 0 Å². The van der Waals surface area contributed by atoms with E-state index < -0.39 is 0 Å². The molecule has 0 nitrogen and oxygen atoms in total. The second-order valence-electron chi connectivity index (χ2n) is 3.36. The number of rotatable bonds is 4. The zero-order valence-electron chi connectivity index (χ0n) is 8.39. The van der Waals surface area contributed by atoms with Crippen LogP contribution in [0.2, 0.25) is 5.02 Å². The Labute approximate surface area is 100.0 Å². The summed E-state index contributed by atoms with van der Waals surface area (Å²) in [4.78, 5) is 0. The molecule has 1 aromatic rings. The van der Waals surface area contributed by atoms with E-state index in [0.717, 1.165) is 16.3 Å². The van der Waals surface area contributed by atoms with Crippen LogP contribution in [0.4, 0.5) is 0 Å². The molecule has 3 heteroatoms. The van der Waals surface area contributed by atoms with Gasteiger partial charge in [0, 0.05) is 21.9 Å². The minimum absolute atomic E-state index is 0.507. The first kappa shape index (κ1) is 12.2. The quantitative estimate of drug-likeness (QED) is 0.707. The molecule has 1 atom stereocenters. The van der Waals surface area contributed by atoms with Crippen molar-refractivity contribution in [3.63, 3.8) is 0 Å². The molecule has 0 aliphatic carbocycles. The van der Waals surface area contributed by atoms with Crippen LogP contribution >= 0.6 is 35.0 Å². The fourth-order valence-corrected chi connectivity index (χ4v) is 2.21. The lowest BCUT2D eigenvalue weighted by Gasteiger charge is -2.08. The topological polar surface area (TPSA) is 0 Å². The smallest absolute Gasteiger partial charge is 0.0435 e. The van der Waals surface area contributed by atoms with E-state index in [4.69, 9.17) is 23.2 Å². The second kappa shape index (κ2) is 5.89. The maximum atomic E-state index is 5.94. The summed E-state index contributed by atoms with van der Waals surface area (Å²) in [5.41, 5.74) is 2.46. The van der Waals surface area contributed by atoms with Crippen LogP contribution in [0, 0.1) is 6.92 Å². The van der Waals surface area contributed by atoms with E-state index in [1.807, 2.05) is 24.8 Å². The molecule has 1 unspecified atom stereocenters.